The van der Waals surface area contributed by atoms with Gasteiger partial charge in [-0.05, 0) is 43.5 Å². The first-order valence-corrected chi connectivity index (χ1v) is 10.2. The van der Waals surface area contributed by atoms with E-state index in [4.69, 9.17) is 16.9 Å². The lowest BCUT2D eigenvalue weighted by atomic mass is 9.88. The van der Waals surface area contributed by atoms with Gasteiger partial charge in [-0.15, -0.1) is 0 Å². The lowest BCUT2D eigenvalue weighted by Crippen LogP contribution is -2.48. The Morgan fingerprint density at radius 3 is 2.48 bits per heavy atom. The number of aryl methyl sites for hydroxylation is 1. The first-order valence-electron chi connectivity index (χ1n) is 9.87. The Morgan fingerprint density at radius 1 is 1.28 bits per heavy atom. The van der Waals surface area contributed by atoms with Gasteiger partial charge in [0.1, 0.15) is 12.1 Å². The third-order valence-corrected chi connectivity index (χ3v) is 5.52. The number of rotatable bonds is 9. The smallest absolute Gasteiger partial charge is 0.323 e. The molecule has 1 aliphatic rings. The lowest BCUT2D eigenvalue weighted by Gasteiger charge is -2.27. The largest absolute Gasteiger partial charge is 0.325 e. The molecule has 1 aromatic rings. The standard InChI is InChI=1S/C21H27ClN4O3/c1-4-9-21(10-5-2)19(28)26(20(29)24-21)14-18(27)25(12-6-11-23)16-7-8-17(22)15(3)13-16/h7-8,13H,4-6,9-10,12,14H2,1-3H3,(H,24,29). The van der Waals surface area contributed by atoms with E-state index in [1.807, 2.05) is 26.8 Å². The van der Waals surface area contributed by atoms with E-state index in [0.717, 1.165) is 23.3 Å². The highest BCUT2D eigenvalue weighted by atomic mass is 35.5. The minimum atomic E-state index is -0.935. The molecule has 0 bridgehead atoms. The number of hydrogen-bond acceptors (Lipinski definition) is 4. The molecule has 0 radical (unpaired) electrons. The molecule has 2 rings (SSSR count). The average Bonchev–Trinajstić information content (AvgIpc) is 2.89. The minimum Gasteiger partial charge on any atom is -0.323 e. The molecule has 8 heteroatoms. The Bertz CT molecular complexity index is 828. The van der Waals surface area contributed by atoms with Crippen LogP contribution in [0.25, 0.3) is 0 Å². The molecule has 1 aromatic carbocycles. The third-order valence-electron chi connectivity index (χ3n) is 5.09. The highest BCUT2D eigenvalue weighted by Gasteiger charge is 2.50. The SMILES string of the molecule is CCCC1(CCC)NC(=O)N(CC(=O)N(CCC#N)c2ccc(Cl)c(C)c2)C1=O. The van der Waals surface area contributed by atoms with E-state index in [1.54, 1.807) is 18.2 Å². The highest BCUT2D eigenvalue weighted by Crippen LogP contribution is 2.29. The minimum absolute atomic E-state index is 0.128. The van der Waals surface area contributed by atoms with Gasteiger partial charge in [0.15, 0.2) is 0 Å². The van der Waals surface area contributed by atoms with E-state index >= 15 is 0 Å². The van der Waals surface area contributed by atoms with Crippen molar-refractivity contribution in [3.63, 3.8) is 0 Å². The second-order valence-electron chi connectivity index (χ2n) is 7.29. The van der Waals surface area contributed by atoms with Crippen LogP contribution in [-0.4, -0.2) is 41.4 Å². The van der Waals surface area contributed by atoms with Crippen LogP contribution in [0.15, 0.2) is 18.2 Å². The van der Waals surface area contributed by atoms with E-state index in [-0.39, 0.29) is 25.4 Å². The summed E-state index contributed by atoms with van der Waals surface area (Å²) >= 11 is 6.07. The first-order chi connectivity index (χ1) is 13.8. The lowest BCUT2D eigenvalue weighted by molar-refractivity contribution is -0.134. The molecule has 0 atom stereocenters. The fourth-order valence-corrected chi connectivity index (χ4v) is 3.83. The number of urea groups is 1. The van der Waals surface area contributed by atoms with Crippen LogP contribution in [0, 0.1) is 18.3 Å². The number of amides is 4. The number of halogens is 1. The Labute approximate surface area is 176 Å². The quantitative estimate of drug-likeness (QED) is 0.617. The number of anilines is 1. The number of nitrogens with one attached hydrogen (secondary N) is 1. The van der Waals surface area contributed by atoms with Gasteiger partial charge in [0.2, 0.25) is 5.91 Å². The average molecular weight is 419 g/mol. The Balaban J connectivity index is 2.26. The molecule has 7 nitrogen and oxygen atoms in total. The summed E-state index contributed by atoms with van der Waals surface area (Å²) in [5, 5.41) is 12.3. The van der Waals surface area contributed by atoms with Crippen molar-refractivity contribution < 1.29 is 14.4 Å². The van der Waals surface area contributed by atoms with Gasteiger partial charge in [0.25, 0.3) is 5.91 Å². The monoisotopic (exact) mass is 418 g/mol. The number of nitrogens with zero attached hydrogens (tertiary/aromatic N) is 3. The Kier molecular flexibility index (Phi) is 7.63. The van der Waals surface area contributed by atoms with Crippen LogP contribution in [0.2, 0.25) is 5.02 Å². The van der Waals surface area contributed by atoms with Gasteiger partial charge in [0.05, 0.1) is 12.5 Å². The molecule has 1 fully saturated rings. The fraction of sp³-hybridized carbons (Fsp3) is 0.524. The maximum Gasteiger partial charge on any atom is 0.325 e. The molecule has 1 saturated heterocycles. The molecular formula is C21H27ClN4O3. The number of nitriles is 1. The van der Waals surface area contributed by atoms with E-state index < -0.39 is 17.5 Å². The molecule has 0 saturated carbocycles. The number of imide groups is 1. The predicted molar refractivity (Wildman–Crippen MR) is 112 cm³/mol. The van der Waals surface area contributed by atoms with Gasteiger partial charge in [0, 0.05) is 17.3 Å². The normalized spacial score (nSPS) is 15.2. The van der Waals surface area contributed by atoms with Gasteiger partial charge in [-0.25, -0.2) is 4.79 Å². The summed E-state index contributed by atoms with van der Waals surface area (Å²) < 4.78 is 0. The maximum atomic E-state index is 13.0. The molecule has 0 aliphatic carbocycles. The van der Waals surface area contributed by atoms with Crippen molar-refractivity contribution in [2.24, 2.45) is 0 Å². The molecule has 0 spiro atoms. The van der Waals surface area contributed by atoms with Gasteiger partial charge in [-0.1, -0.05) is 38.3 Å². The van der Waals surface area contributed by atoms with Crippen LogP contribution < -0.4 is 10.2 Å². The number of carbonyl (C=O) groups excluding carboxylic acids is 3. The van der Waals surface area contributed by atoms with Gasteiger partial charge < -0.3 is 10.2 Å². The van der Waals surface area contributed by atoms with Crippen molar-refractivity contribution in [1.82, 2.24) is 10.2 Å². The van der Waals surface area contributed by atoms with Crippen LogP contribution in [0.3, 0.4) is 0 Å². The van der Waals surface area contributed by atoms with Crippen LogP contribution in [0.4, 0.5) is 10.5 Å². The van der Waals surface area contributed by atoms with Crippen molar-refractivity contribution in [1.29, 1.82) is 5.26 Å². The van der Waals surface area contributed by atoms with E-state index in [0.29, 0.717) is 23.6 Å². The predicted octanol–water partition coefficient (Wildman–Crippen LogP) is 3.79. The van der Waals surface area contributed by atoms with Crippen molar-refractivity contribution >= 4 is 35.1 Å². The van der Waals surface area contributed by atoms with Crippen LogP contribution in [-0.2, 0) is 9.59 Å². The third kappa shape index (κ3) is 4.88. The summed E-state index contributed by atoms with van der Waals surface area (Å²) in [6.07, 6.45) is 2.68. The fourth-order valence-electron chi connectivity index (χ4n) is 3.71. The summed E-state index contributed by atoms with van der Waals surface area (Å²) in [4.78, 5) is 41.0. The molecule has 29 heavy (non-hydrogen) atoms. The maximum absolute atomic E-state index is 13.0. The topological polar surface area (TPSA) is 93.5 Å². The molecule has 0 aromatic heterocycles. The number of benzene rings is 1. The highest BCUT2D eigenvalue weighted by molar-refractivity contribution is 6.31. The second-order valence-corrected chi connectivity index (χ2v) is 7.70. The summed E-state index contributed by atoms with van der Waals surface area (Å²) in [7, 11) is 0. The second kappa shape index (κ2) is 9.75. The van der Waals surface area contributed by atoms with E-state index in [1.165, 1.54) is 4.90 Å². The van der Waals surface area contributed by atoms with Crippen molar-refractivity contribution in [2.75, 3.05) is 18.0 Å². The van der Waals surface area contributed by atoms with Crippen molar-refractivity contribution in [3.05, 3.63) is 28.8 Å². The summed E-state index contributed by atoms with van der Waals surface area (Å²) in [6, 6.07) is 6.61. The van der Waals surface area contributed by atoms with Crippen molar-refractivity contribution in [3.8, 4) is 6.07 Å². The summed E-state index contributed by atoms with van der Waals surface area (Å²) in [5.41, 5.74) is 0.432. The zero-order chi connectivity index (χ0) is 21.6. The first kappa shape index (κ1) is 22.7. The molecule has 156 valence electrons. The Morgan fingerprint density at radius 2 is 1.93 bits per heavy atom. The van der Waals surface area contributed by atoms with Crippen molar-refractivity contribution in [2.45, 2.75) is 58.4 Å². The molecule has 1 heterocycles. The zero-order valence-corrected chi connectivity index (χ0v) is 17.9. The zero-order valence-electron chi connectivity index (χ0n) is 17.1. The van der Waals surface area contributed by atoms with Crippen LogP contribution in [0.5, 0.6) is 0 Å². The molecule has 1 N–H and O–H groups in total. The van der Waals surface area contributed by atoms with E-state index in [9.17, 15) is 14.4 Å². The number of hydrogen-bond donors (Lipinski definition) is 1. The molecular weight excluding hydrogens is 392 g/mol. The molecule has 0 unspecified atom stereocenters. The van der Waals surface area contributed by atoms with E-state index in [2.05, 4.69) is 5.32 Å². The van der Waals surface area contributed by atoms with Gasteiger partial charge in [-0.2, -0.15) is 5.26 Å². The van der Waals surface area contributed by atoms with Crippen LogP contribution in [0.1, 0.15) is 51.5 Å². The molecule has 4 amide bonds. The van der Waals surface area contributed by atoms with Crippen LogP contribution >= 0.6 is 11.6 Å². The van der Waals surface area contributed by atoms with Gasteiger partial charge in [-0.3, -0.25) is 14.5 Å². The number of carbonyl (C=O) groups is 3. The molecule has 1 aliphatic heterocycles. The summed E-state index contributed by atoms with van der Waals surface area (Å²) in [6.45, 7) is 5.52. The summed E-state index contributed by atoms with van der Waals surface area (Å²) in [5.74, 6) is -0.777. The Hall–Kier alpha value is -2.59. The van der Waals surface area contributed by atoms with Gasteiger partial charge >= 0.3 is 6.03 Å².